The van der Waals surface area contributed by atoms with E-state index in [1.54, 1.807) is 0 Å². The number of halogens is 1. The number of anilines is 1. The first kappa shape index (κ1) is 8.50. The third kappa shape index (κ3) is 2.17. The molecule has 0 saturated heterocycles. The molecular formula is C8H8ClNS. The van der Waals surface area contributed by atoms with Crippen molar-refractivity contribution in [2.24, 2.45) is 0 Å². The summed E-state index contributed by atoms with van der Waals surface area (Å²) in [5.41, 5.74) is 3.57. The molecule has 0 amide bonds. The van der Waals surface area contributed by atoms with E-state index in [0.29, 0.717) is 0 Å². The van der Waals surface area contributed by atoms with Crippen LogP contribution in [0.15, 0.2) is 18.2 Å². The Morgan fingerprint density at radius 1 is 1.55 bits per heavy atom. The zero-order valence-electron chi connectivity index (χ0n) is 6.10. The fourth-order valence-corrected chi connectivity index (χ4v) is 1.11. The van der Waals surface area contributed by atoms with Crippen LogP contribution in [0.1, 0.15) is 5.56 Å². The van der Waals surface area contributed by atoms with Gasteiger partial charge in [-0.2, -0.15) is 0 Å². The van der Waals surface area contributed by atoms with Gasteiger partial charge in [0.25, 0.3) is 0 Å². The van der Waals surface area contributed by atoms with Gasteiger partial charge in [0.1, 0.15) is 0 Å². The van der Waals surface area contributed by atoms with Crippen LogP contribution >= 0.6 is 23.8 Å². The van der Waals surface area contributed by atoms with E-state index in [2.05, 4.69) is 17.5 Å². The van der Waals surface area contributed by atoms with Crippen molar-refractivity contribution < 1.29 is 0 Å². The highest BCUT2D eigenvalue weighted by atomic mass is 35.5. The zero-order chi connectivity index (χ0) is 8.27. The van der Waals surface area contributed by atoms with E-state index in [-0.39, 0.29) is 0 Å². The normalized spacial score (nSPS) is 9.27. The van der Waals surface area contributed by atoms with Crippen molar-refractivity contribution in [1.82, 2.24) is 0 Å². The maximum atomic E-state index is 5.76. The highest BCUT2D eigenvalue weighted by molar-refractivity contribution is 7.79. The Hall–Kier alpha value is -0.600. The Kier molecular flexibility index (Phi) is 2.85. The highest BCUT2D eigenvalue weighted by Gasteiger charge is 1.95. The van der Waals surface area contributed by atoms with E-state index >= 15 is 0 Å². The summed E-state index contributed by atoms with van der Waals surface area (Å²) in [7, 11) is 0. The molecule has 0 bridgehead atoms. The van der Waals surface area contributed by atoms with Gasteiger partial charge in [-0.1, -0.05) is 29.9 Å². The number of thiocarbonyl (C=S) groups is 1. The van der Waals surface area contributed by atoms with Crippen LogP contribution in [0.4, 0.5) is 5.69 Å². The van der Waals surface area contributed by atoms with Gasteiger partial charge in [0.15, 0.2) is 0 Å². The SMILES string of the molecule is Cc1ccc(Cl)cc1NC=S. The summed E-state index contributed by atoms with van der Waals surface area (Å²) in [5.74, 6) is 0. The van der Waals surface area contributed by atoms with Gasteiger partial charge in [0.2, 0.25) is 0 Å². The molecule has 0 fully saturated rings. The standard InChI is InChI=1S/C8H8ClNS/c1-6-2-3-7(9)4-8(6)10-5-11/h2-5H,1H3,(H,10,11). The van der Waals surface area contributed by atoms with E-state index in [9.17, 15) is 0 Å². The van der Waals surface area contributed by atoms with Crippen LogP contribution in [0.5, 0.6) is 0 Å². The van der Waals surface area contributed by atoms with Gasteiger partial charge in [0.05, 0.1) is 5.49 Å². The minimum Gasteiger partial charge on any atom is -0.352 e. The van der Waals surface area contributed by atoms with E-state index < -0.39 is 0 Å². The van der Waals surface area contributed by atoms with Crippen LogP contribution in [0.3, 0.4) is 0 Å². The van der Waals surface area contributed by atoms with Gasteiger partial charge in [-0.25, -0.2) is 0 Å². The molecular weight excluding hydrogens is 178 g/mol. The van der Waals surface area contributed by atoms with E-state index in [0.717, 1.165) is 16.3 Å². The molecule has 0 aliphatic heterocycles. The van der Waals surface area contributed by atoms with Crippen molar-refractivity contribution in [1.29, 1.82) is 0 Å². The summed E-state index contributed by atoms with van der Waals surface area (Å²) in [6.07, 6.45) is 0. The van der Waals surface area contributed by atoms with E-state index in [1.165, 1.54) is 5.49 Å². The van der Waals surface area contributed by atoms with Gasteiger partial charge in [-0.15, -0.1) is 0 Å². The Morgan fingerprint density at radius 3 is 2.91 bits per heavy atom. The number of rotatable bonds is 2. The van der Waals surface area contributed by atoms with Crippen LogP contribution in [-0.2, 0) is 0 Å². The molecule has 0 aliphatic carbocycles. The molecule has 1 nitrogen and oxygen atoms in total. The molecule has 11 heavy (non-hydrogen) atoms. The maximum absolute atomic E-state index is 5.76. The summed E-state index contributed by atoms with van der Waals surface area (Å²) < 4.78 is 0. The molecule has 3 heteroatoms. The Labute approximate surface area is 76.4 Å². The lowest BCUT2D eigenvalue weighted by atomic mass is 10.2. The molecule has 1 aromatic carbocycles. The second-order valence-corrected chi connectivity index (χ2v) is 2.89. The summed E-state index contributed by atoms with van der Waals surface area (Å²) in [4.78, 5) is 0. The highest BCUT2D eigenvalue weighted by Crippen LogP contribution is 2.19. The molecule has 0 aliphatic rings. The number of hydrogen-bond donors (Lipinski definition) is 1. The Morgan fingerprint density at radius 2 is 2.27 bits per heavy atom. The maximum Gasteiger partial charge on any atom is 0.0659 e. The molecule has 0 heterocycles. The molecule has 1 N–H and O–H groups in total. The number of nitrogens with one attached hydrogen (secondary N) is 1. The zero-order valence-corrected chi connectivity index (χ0v) is 7.67. The van der Waals surface area contributed by atoms with Gasteiger partial charge in [-0.3, -0.25) is 0 Å². The van der Waals surface area contributed by atoms with Gasteiger partial charge in [-0.05, 0) is 24.6 Å². The summed E-state index contributed by atoms with van der Waals surface area (Å²) in [5, 5.41) is 3.64. The van der Waals surface area contributed by atoms with Gasteiger partial charge in [0, 0.05) is 10.7 Å². The lowest BCUT2D eigenvalue weighted by Crippen LogP contribution is -1.93. The molecule has 1 aromatic rings. The first-order chi connectivity index (χ1) is 5.24. The molecule has 58 valence electrons. The van der Waals surface area contributed by atoms with Crippen LogP contribution < -0.4 is 5.32 Å². The monoisotopic (exact) mass is 185 g/mol. The minimum absolute atomic E-state index is 0.718. The Bertz CT molecular complexity index is 273. The van der Waals surface area contributed by atoms with Crippen molar-refractivity contribution in [3.8, 4) is 0 Å². The largest absolute Gasteiger partial charge is 0.352 e. The van der Waals surface area contributed by atoms with Crippen molar-refractivity contribution in [2.75, 3.05) is 5.32 Å². The topological polar surface area (TPSA) is 12.0 Å². The average Bonchev–Trinajstić information content (AvgIpc) is 1.98. The second kappa shape index (κ2) is 3.69. The second-order valence-electron chi connectivity index (χ2n) is 2.22. The molecule has 0 spiro atoms. The molecule has 1 rings (SSSR count). The predicted molar refractivity (Wildman–Crippen MR) is 53.5 cm³/mol. The fraction of sp³-hybridized carbons (Fsp3) is 0.125. The van der Waals surface area contributed by atoms with Crippen molar-refractivity contribution >= 4 is 35.0 Å². The average molecular weight is 186 g/mol. The molecule has 0 saturated carbocycles. The minimum atomic E-state index is 0.718. The molecule has 0 aromatic heterocycles. The summed E-state index contributed by atoms with van der Waals surface area (Å²) in [6.45, 7) is 2.00. The third-order valence-corrected chi connectivity index (χ3v) is 1.77. The lowest BCUT2D eigenvalue weighted by molar-refractivity contribution is 1.46. The van der Waals surface area contributed by atoms with E-state index in [1.807, 2.05) is 25.1 Å². The summed E-state index contributed by atoms with van der Waals surface area (Å²) in [6, 6.07) is 5.65. The summed E-state index contributed by atoms with van der Waals surface area (Å²) >= 11 is 10.4. The number of aryl methyl sites for hydroxylation is 1. The van der Waals surface area contributed by atoms with Crippen LogP contribution in [0.25, 0.3) is 0 Å². The molecule has 0 unspecified atom stereocenters. The molecule has 0 atom stereocenters. The van der Waals surface area contributed by atoms with Crippen LogP contribution in [0.2, 0.25) is 5.02 Å². The van der Waals surface area contributed by atoms with Crippen molar-refractivity contribution in [3.63, 3.8) is 0 Å². The van der Waals surface area contributed by atoms with Gasteiger partial charge < -0.3 is 5.32 Å². The number of hydrogen-bond acceptors (Lipinski definition) is 1. The van der Waals surface area contributed by atoms with Gasteiger partial charge >= 0.3 is 0 Å². The number of benzene rings is 1. The first-order valence-electron chi connectivity index (χ1n) is 3.20. The van der Waals surface area contributed by atoms with Crippen molar-refractivity contribution in [3.05, 3.63) is 28.8 Å². The first-order valence-corrected chi connectivity index (χ1v) is 4.05. The third-order valence-electron chi connectivity index (χ3n) is 1.41. The van der Waals surface area contributed by atoms with Crippen LogP contribution in [-0.4, -0.2) is 5.49 Å². The smallest absolute Gasteiger partial charge is 0.0659 e. The quantitative estimate of drug-likeness (QED) is 0.711. The van der Waals surface area contributed by atoms with Crippen LogP contribution in [0, 0.1) is 6.92 Å². The lowest BCUT2D eigenvalue weighted by Gasteiger charge is -2.03. The fourth-order valence-electron chi connectivity index (χ4n) is 0.813. The van der Waals surface area contributed by atoms with Crippen molar-refractivity contribution in [2.45, 2.75) is 6.92 Å². The van der Waals surface area contributed by atoms with E-state index in [4.69, 9.17) is 11.6 Å². The predicted octanol–water partition coefficient (Wildman–Crippen LogP) is 3.02. The molecule has 0 radical (unpaired) electrons. The Balaban J connectivity index is 3.01.